The van der Waals surface area contributed by atoms with Crippen molar-refractivity contribution in [3.05, 3.63) is 23.3 Å². The molecule has 1 unspecified atom stereocenters. The van der Waals surface area contributed by atoms with E-state index in [1.54, 1.807) is 14.2 Å². The van der Waals surface area contributed by atoms with Gasteiger partial charge in [0.2, 0.25) is 0 Å². The van der Waals surface area contributed by atoms with Crippen molar-refractivity contribution >= 4 is 40.7 Å². The highest BCUT2D eigenvalue weighted by atomic mass is 127. The minimum absolute atomic E-state index is 0. The Morgan fingerprint density at radius 1 is 1.21 bits per heavy atom. The molecule has 0 saturated heterocycles. The topological polar surface area (TPSA) is 63.2 Å². The fourth-order valence-corrected chi connectivity index (χ4v) is 3.90. The largest absolute Gasteiger partial charge is 0.493 e. The van der Waals surface area contributed by atoms with Crippen LogP contribution in [-0.2, 0) is 23.8 Å². The summed E-state index contributed by atoms with van der Waals surface area (Å²) in [7, 11) is 2.43. The number of hydrogen-bond donors (Lipinski definition) is 1. The van der Waals surface area contributed by atoms with Gasteiger partial charge in [-0.3, -0.25) is 9.20 Å². The maximum atomic E-state index is 12.3. The SMILES string of the molecule is CCNC(=NCCS(=O)C(C)(C)C)N1CCc2cc(OC)c(OC)cc2C1.I. The van der Waals surface area contributed by atoms with E-state index < -0.39 is 10.8 Å². The van der Waals surface area contributed by atoms with Crippen LogP contribution in [0.4, 0.5) is 0 Å². The van der Waals surface area contributed by atoms with Gasteiger partial charge >= 0.3 is 0 Å². The van der Waals surface area contributed by atoms with E-state index in [4.69, 9.17) is 14.5 Å². The molecular formula is C20H34IN3O3S. The van der Waals surface area contributed by atoms with Gasteiger partial charge in [-0.1, -0.05) is 0 Å². The van der Waals surface area contributed by atoms with E-state index in [2.05, 4.69) is 29.3 Å². The molecule has 0 bridgehead atoms. The molecule has 0 radical (unpaired) electrons. The van der Waals surface area contributed by atoms with E-state index in [0.717, 1.165) is 43.5 Å². The molecule has 2 rings (SSSR count). The Kier molecular flexibility index (Phi) is 10.0. The molecule has 0 aliphatic carbocycles. The van der Waals surface area contributed by atoms with E-state index in [1.165, 1.54) is 11.1 Å². The fourth-order valence-electron chi connectivity index (χ4n) is 3.03. The summed E-state index contributed by atoms with van der Waals surface area (Å²) >= 11 is 0. The van der Waals surface area contributed by atoms with Crippen molar-refractivity contribution in [3.8, 4) is 11.5 Å². The molecule has 1 aliphatic rings. The first-order valence-corrected chi connectivity index (χ1v) is 10.8. The third-order valence-electron chi connectivity index (χ3n) is 4.57. The van der Waals surface area contributed by atoms with Crippen LogP contribution in [-0.4, -0.2) is 59.4 Å². The van der Waals surface area contributed by atoms with Gasteiger partial charge in [-0.25, -0.2) is 0 Å². The standard InChI is InChI=1S/C20H33N3O3S.HI/c1-7-21-19(22-9-11-27(24)20(2,3)4)23-10-8-15-12-17(25-5)18(26-6)13-16(15)14-23;/h12-13H,7-11,14H2,1-6H3,(H,21,22);1H. The van der Waals surface area contributed by atoms with Crippen LogP contribution in [0.15, 0.2) is 17.1 Å². The van der Waals surface area contributed by atoms with Gasteiger partial charge in [-0.15, -0.1) is 24.0 Å². The van der Waals surface area contributed by atoms with Crippen LogP contribution in [0, 0.1) is 0 Å². The summed E-state index contributed by atoms with van der Waals surface area (Å²) in [5.74, 6) is 2.98. The first kappa shape index (κ1) is 25.0. The van der Waals surface area contributed by atoms with Crippen LogP contribution in [0.5, 0.6) is 11.5 Å². The Morgan fingerprint density at radius 2 is 1.82 bits per heavy atom. The molecule has 1 aliphatic heterocycles. The van der Waals surface area contributed by atoms with Crippen molar-refractivity contribution in [2.75, 3.05) is 39.6 Å². The molecule has 1 aromatic carbocycles. The van der Waals surface area contributed by atoms with Crippen molar-refractivity contribution in [2.24, 2.45) is 4.99 Å². The smallest absolute Gasteiger partial charge is 0.194 e. The van der Waals surface area contributed by atoms with Gasteiger partial charge in [0.05, 0.1) is 20.8 Å². The average Bonchev–Trinajstić information content (AvgIpc) is 2.64. The lowest BCUT2D eigenvalue weighted by atomic mass is 9.99. The number of guanidine groups is 1. The summed E-state index contributed by atoms with van der Waals surface area (Å²) < 4.78 is 22.9. The highest BCUT2D eigenvalue weighted by Crippen LogP contribution is 2.33. The quantitative estimate of drug-likeness (QED) is 0.353. The molecular weight excluding hydrogens is 489 g/mol. The normalized spacial score (nSPS) is 15.4. The number of nitrogens with one attached hydrogen (secondary N) is 1. The van der Waals surface area contributed by atoms with Crippen LogP contribution < -0.4 is 14.8 Å². The maximum absolute atomic E-state index is 12.3. The third kappa shape index (κ3) is 6.50. The van der Waals surface area contributed by atoms with E-state index >= 15 is 0 Å². The molecule has 1 N–H and O–H groups in total. The Labute approximate surface area is 188 Å². The number of halogens is 1. The second kappa shape index (κ2) is 11.2. The molecule has 1 heterocycles. The second-order valence-electron chi connectivity index (χ2n) is 7.55. The summed E-state index contributed by atoms with van der Waals surface area (Å²) in [5, 5.41) is 3.37. The Hall–Kier alpha value is -1.03. The maximum Gasteiger partial charge on any atom is 0.194 e. The summed E-state index contributed by atoms with van der Waals surface area (Å²) in [6.45, 7) is 11.1. The van der Waals surface area contributed by atoms with Crippen molar-refractivity contribution in [2.45, 2.75) is 45.4 Å². The summed E-state index contributed by atoms with van der Waals surface area (Å²) in [6, 6.07) is 4.13. The summed E-state index contributed by atoms with van der Waals surface area (Å²) in [5.41, 5.74) is 2.51. The van der Waals surface area contributed by atoms with Crippen LogP contribution in [0.25, 0.3) is 0 Å². The summed E-state index contributed by atoms with van der Waals surface area (Å²) in [4.78, 5) is 6.97. The average molecular weight is 523 g/mol. The number of hydrogen-bond acceptors (Lipinski definition) is 4. The van der Waals surface area contributed by atoms with Gasteiger partial charge in [0.15, 0.2) is 17.5 Å². The highest BCUT2D eigenvalue weighted by Gasteiger charge is 2.22. The Bertz CT molecular complexity index is 705. The van der Waals surface area contributed by atoms with Crippen molar-refractivity contribution < 1.29 is 13.7 Å². The minimum Gasteiger partial charge on any atom is -0.493 e. The van der Waals surface area contributed by atoms with Gasteiger partial charge in [0.25, 0.3) is 0 Å². The number of nitrogens with zero attached hydrogens (tertiary/aromatic N) is 2. The summed E-state index contributed by atoms with van der Waals surface area (Å²) in [6.07, 6.45) is 0.925. The lowest BCUT2D eigenvalue weighted by molar-refractivity contribution is 0.346. The number of fused-ring (bicyclic) bond motifs is 1. The van der Waals surface area contributed by atoms with Gasteiger partial charge in [0, 0.05) is 40.9 Å². The van der Waals surface area contributed by atoms with Crippen molar-refractivity contribution in [3.63, 3.8) is 0 Å². The predicted molar refractivity (Wildman–Crippen MR) is 128 cm³/mol. The van der Waals surface area contributed by atoms with Crippen molar-refractivity contribution in [1.82, 2.24) is 10.2 Å². The molecule has 1 aromatic rings. The molecule has 6 nitrogen and oxygen atoms in total. The zero-order chi connectivity index (χ0) is 20.0. The number of aliphatic imine (C=N–C) groups is 1. The number of rotatable bonds is 6. The Balaban J connectivity index is 0.00000392. The monoisotopic (exact) mass is 523 g/mol. The first-order valence-electron chi connectivity index (χ1n) is 9.45. The number of ether oxygens (including phenoxy) is 2. The van der Waals surface area contributed by atoms with Gasteiger partial charge in [-0.05, 0) is 57.4 Å². The van der Waals surface area contributed by atoms with E-state index in [0.29, 0.717) is 12.3 Å². The Morgan fingerprint density at radius 3 is 2.36 bits per heavy atom. The molecule has 1 atom stereocenters. The van der Waals surface area contributed by atoms with E-state index in [1.807, 2.05) is 20.8 Å². The predicted octanol–water partition coefficient (Wildman–Crippen LogP) is 3.19. The van der Waals surface area contributed by atoms with Crippen LogP contribution in [0.3, 0.4) is 0 Å². The van der Waals surface area contributed by atoms with Gasteiger partial charge in [-0.2, -0.15) is 0 Å². The molecule has 160 valence electrons. The zero-order valence-corrected chi connectivity index (χ0v) is 21.0. The van der Waals surface area contributed by atoms with Crippen LogP contribution in [0.1, 0.15) is 38.8 Å². The molecule has 0 spiro atoms. The zero-order valence-electron chi connectivity index (χ0n) is 17.8. The fraction of sp³-hybridized carbons (Fsp3) is 0.650. The molecule has 0 fully saturated rings. The van der Waals surface area contributed by atoms with Crippen molar-refractivity contribution in [1.29, 1.82) is 0 Å². The molecule has 28 heavy (non-hydrogen) atoms. The molecule has 0 aromatic heterocycles. The number of methoxy groups -OCH3 is 2. The minimum atomic E-state index is -0.891. The highest BCUT2D eigenvalue weighted by molar-refractivity contribution is 14.0. The third-order valence-corrected chi connectivity index (χ3v) is 6.49. The van der Waals surface area contributed by atoms with Crippen LogP contribution >= 0.6 is 24.0 Å². The van der Waals surface area contributed by atoms with E-state index in [9.17, 15) is 4.21 Å². The van der Waals surface area contributed by atoms with Crippen LogP contribution in [0.2, 0.25) is 0 Å². The lowest BCUT2D eigenvalue weighted by Gasteiger charge is -2.32. The van der Waals surface area contributed by atoms with Gasteiger partial charge in [0.1, 0.15) is 0 Å². The number of benzene rings is 1. The molecule has 0 amide bonds. The van der Waals surface area contributed by atoms with E-state index in [-0.39, 0.29) is 28.7 Å². The first-order chi connectivity index (χ1) is 12.8. The molecule has 0 saturated carbocycles. The molecule has 8 heteroatoms. The lowest BCUT2D eigenvalue weighted by Crippen LogP contribution is -2.44. The second-order valence-corrected chi connectivity index (χ2v) is 9.87. The van der Waals surface area contributed by atoms with Gasteiger partial charge < -0.3 is 19.7 Å².